The number of unbranched alkanes of at least 4 members (excludes halogenated alkanes) is 2. The molecule has 82 valence electrons. The summed E-state index contributed by atoms with van der Waals surface area (Å²) in [6.45, 7) is 2.26. The Bertz CT molecular complexity index is 171. The van der Waals surface area contributed by atoms with Crippen LogP contribution >= 0.6 is 0 Å². The highest BCUT2D eigenvalue weighted by molar-refractivity contribution is 5.05. The fourth-order valence-corrected chi connectivity index (χ4v) is 3.47. The molecule has 0 aromatic heterocycles. The highest BCUT2D eigenvalue weighted by Crippen LogP contribution is 2.59. The zero-order valence-corrected chi connectivity index (χ0v) is 9.34. The standard InChI is InChI=1S/C12H24N2/c1-2-3-4-8-11(14-13)12-9-6-5-7-10(9)12/h9-12,14H,2-8,13H2,1H3. The molecule has 0 heterocycles. The molecule has 2 fully saturated rings. The molecular weight excluding hydrogens is 172 g/mol. The minimum Gasteiger partial charge on any atom is -0.271 e. The maximum Gasteiger partial charge on any atom is 0.0244 e. The smallest absolute Gasteiger partial charge is 0.0244 e. The first kappa shape index (κ1) is 10.4. The largest absolute Gasteiger partial charge is 0.271 e. The van der Waals surface area contributed by atoms with Crippen molar-refractivity contribution in [1.82, 2.24) is 5.43 Å². The van der Waals surface area contributed by atoms with Gasteiger partial charge in [-0.05, 0) is 37.0 Å². The Hall–Kier alpha value is -0.0800. The van der Waals surface area contributed by atoms with Crippen LogP contribution in [-0.2, 0) is 0 Å². The van der Waals surface area contributed by atoms with Crippen molar-refractivity contribution in [3.63, 3.8) is 0 Å². The fourth-order valence-electron chi connectivity index (χ4n) is 3.47. The van der Waals surface area contributed by atoms with Crippen molar-refractivity contribution < 1.29 is 0 Å². The maximum absolute atomic E-state index is 5.65. The molecule has 0 saturated heterocycles. The Balaban J connectivity index is 1.71. The molecule has 0 radical (unpaired) electrons. The van der Waals surface area contributed by atoms with Crippen molar-refractivity contribution in [2.75, 3.05) is 0 Å². The molecule has 3 unspecified atom stereocenters. The summed E-state index contributed by atoms with van der Waals surface area (Å²) in [6, 6.07) is 0.622. The third-order valence-electron chi connectivity index (χ3n) is 4.27. The van der Waals surface area contributed by atoms with Crippen LogP contribution in [0.4, 0.5) is 0 Å². The van der Waals surface area contributed by atoms with E-state index in [4.69, 9.17) is 5.84 Å². The van der Waals surface area contributed by atoms with Crippen molar-refractivity contribution in [2.45, 2.75) is 57.9 Å². The predicted molar refractivity (Wildman–Crippen MR) is 59.6 cm³/mol. The van der Waals surface area contributed by atoms with Crippen LogP contribution in [0.25, 0.3) is 0 Å². The molecule has 0 bridgehead atoms. The monoisotopic (exact) mass is 196 g/mol. The van der Waals surface area contributed by atoms with Crippen LogP contribution in [0.3, 0.4) is 0 Å². The van der Waals surface area contributed by atoms with Gasteiger partial charge in [0.1, 0.15) is 0 Å². The SMILES string of the molecule is CCCCCC(NN)C1C2CCCC21. The minimum atomic E-state index is 0.622. The second-order valence-electron chi connectivity index (χ2n) is 5.10. The van der Waals surface area contributed by atoms with Gasteiger partial charge >= 0.3 is 0 Å². The van der Waals surface area contributed by atoms with Crippen LogP contribution in [0.5, 0.6) is 0 Å². The first-order chi connectivity index (χ1) is 6.88. The van der Waals surface area contributed by atoms with Crippen molar-refractivity contribution >= 4 is 0 Å². The molecule has 2 heteroatoms. The lowest BCUT2D eigenvalue weighted by Crippen LogP contribution is -2.38. The van der Waals surface area contributed by atoms with Crippen LogP contribution in [-0.4, -0.2) is 6.04 Å². The number of fused-ring (bicyclic) bond motifs is 1. The lowest BCUT2D eigenvalue weighted by molar-refractivity contribution is 0.379. The van der Waals surface area contributed by atoms with E-state index in [2.05, 4.69) is 12.3 Å². The van der Waals surface area contributed by atoms with Crippen LogP contribution in [0.2, 0.25) is 0 Å². The minimum absolute atomic E-state index is 0.622. The quantitative estimate of drug-likeness (QED) is 0.389. The van der Waals surface area contributed by atoms with Crippen LogP contribution in [0, 0.1) is 17.8 Å². The topological polar surface area (TPSA) is 38.0 Å². The van der Waals surface area contributed by atoms with Gasteiger partial charge in [0.05, 0.1) is 0 Å². The van der Waals surface area contributed by atoms with Gasteiger partial charge in [0.25, 0.3) is 0 Å². The number of rotatable bonds is 6. The second-order valence-corrected chi connectivity index (χ2v) is 5.10. The molecule has 0 amide bonds. The Labute approximate surface area is 87.6 Å². The molecule has 2 aliphatic rings. The van der Waals surface area contributed by atoms with E-state index in [1.165, 1.54) is 44.9 Å². The maximum atomic E-state index is 5.65. The summed E-state index contributed by atoms with van der Waals surface area (Å²) in [5, 5.41) is 0. The first-order valence-corrected chi connectivity index (χ1v) is 6.34. The molecule has 2 saturated carbocycles. The second kappa shape index (κ2) is 4.63. The van der Waals surface area contributed by atoms with Gasteiger partial charge in [-0.3, -0.25) is 11.3 Å². The fraction of sp³-hybridized carbons (Fsp3) is 1.00. The molecule has 0 aliphatic heterocycles. The Morgan fingerprint density at radius 2 is 2.00 bits per heavy atom. The Kier molecular flexibility index (Phi) is 3.45. The summed E-state index contributed by atoms with van der Waals surface area (Å²) in [5.41, 5.74) is 3.05. The van der Waals surface area contributed by atoms with Gasteiger partial charge in [-0.2, -0.15) is 0 Å². The van der Waals surface area contributed by atoms with Crippen LogP contribution in [0.1, 0.15) is 51.9 Å². The first-order valence-electron chi connectivity index (χ1n) is 6.34. The number of nitrogens with two attached hydrogens (primary N) is 1. The van der Waals surface area contributed by atoms with Crippen molar-refractivity contribution in [2.24, 2.45) is 23.6 Å². The van der Waals surface area contributed by atoms with Crippen LogP contribution in [0.15, 0.2) is 0 Å². The molecule has 0 aromatic carbocycles. The summed E-state index contributed by atoms with van der Waals surface area (Å²) in [4.78, 5) is 0. The van der Waals surface area contributed by atoms with E-state index in [1.54, 1.807) is 0 Å². The molecule has 0 spiro atoms. The van der Waals surface area contributed by atoms with E-state index in [0.29, 0.717) is 6.04 Å². The van der Waals surface area contributed by atoms with E-state index in [-0.39, 0.29) is 0 Å². The Morgan fingerprint density at radius 1 is 1.29 bits per heavy atom. The highest BCUT2D eigenvalue weighted by atomic mass is 15.2. The number of hydrogen-bond donors (Lipinski definition) is 2. The third-order valence-corrected chi connectivity index (χ3v) is 4.27. The van der Waals surface area contributed by atoms with E-state index in [1.807, 2.05) is 0 Å². The zero-order valence-electron chi connectivity index (χ0n) is 9.34. The van der Waals surface area contributed by atoms with Gasteiger partial charge < -0.3 is 0 Å². The van der Waals surface area contributed by atoms with Gasteiger partial charge in [0, 0.05) is 6.04 Å². The van der Waals surface area contributed by atoms with Crippen molar-refractivity contribution in [1.29, 1.82) is 0 Å². The van der Waals surface area contributed by atoms with Crippen molar-refractivity contribution in [3.05, 3.63) is 0 Å². The molecule has 3 atom stereocenters. The van der Waals surface area contributed by atoms with Gasteiger partial charge in [0.2, 0.25) is 0 Å². The van der Waals surface area contributed by atoms with E-state index in [0.717, 1.165) is 17.8 Å². The van der Waals surface area contributed by atoms with Gasteiger partial charge in [-0.1, -0.05) is 32.6 Å². The summed E-state index contributed by atoms with van der Waals surface area (Å²) in [7, 11) is 0. The van der Waals surface area contributed by atoms with Gasteiger partial charge in [-0.25, -0.2) is 0 Å². The molecule has 3 N–H and O–H groups in total. The summed E-state index contributed by atoms with van der Waals surface area (Å²) < 4.78 is 0. The van der Waals surface area contributed by atoms with Gasteiger partial charge in [0.15, 0.2) is 0 Å². The van der Waals surface area contributed by atoms with E-state index >= 15 is 0 Å². The highest BCUT2D eigenvalue weighted by Gasteiger charge is 2.55. The molecule has 2 nitrogen and oxygen atoms in total. The molecular formula is C12H24N2. The summed E-state index contributed by atoms with van der Waals surface area (Å²) in [6.07, 6.45) is 9.74. The molecule has 14 heavy (non-hydrogen) atoms. The van der Waals surface area contributed by atoms with Crippen molar-refractivity contribution in [3.8, 4) is 0 Å². The third kappa shape index (κ3) is 1.96. The number of hydrazine groups is 1. The lowest BCUT2D eigenvalue weighted by atomic mass is 9.99. The number of hydrogen-bond acceptors (Lipinski definition) is 2. The Morgan fingerprint density at radius 3 is 2.57 bits per heavy atom. The normalized spacial score (nSPS) is 36.9. The van der Waals surface area contributed by atoms with Crippen LogP contribution < -0.4 is 11.3 Å². The molecule has 2 rings (SSSR count). The molecule has 0 aromatic rings. The van der Waals surface area contributed by atoms with E-state index < -0.39 is 0 Å². The average molecular weight is 196 g/mol. The lowest BCUT2D eigenvalue weighted by Gasteiger charge is -2.17. The average Bonchev–Trinajstić information content (AvgIpc) is 2.69. The molecule has 2 aliphatic carbocycles. The summed E-state index contributed by atoms with van der Waals surface area (Å²) >= 11 is 0. The van der Waals surface area contributed by atoms with Gasteiger partial charge in [-0.15, -0.1) is 0 Å². The zero-order chi connectivity index (χ0) is 9.97. The number of nitrogens with one attached hydrogen (secondary N) is 1. The predicted octanol–water partition coefficient (Wildman–Crippen LogP) is 2.44. The van der Waals surface area contributed by atoms with E-state index in [9.17, 15) is 0 Å². The summed E-state index contributed by atoms with van der Waals surface area (Å²) in [5.74, 6) is 8.66.